The molecule has 7 nitrogen and oxygen atoms in total. The van der Waals surface area contributed by atoms with E-state index in [4.69, 9.17) is 14.2 Å². The Morgan fingerprint density at radius 1 is 1.09 bits per heavy atom. The minimum Gasteiger partial charge on any atom is -0.493 e. The molecule has 0 bridgehead atoms. The van der Waals surface area contributed by atoms with Crippen LogP contribution in [0, 0.1) is 5.92 Å². The number of ether oxygens (including phenoxy) is 3. The summed E-state index contributed by atoms with van der Waals surface area (Å²) in [4.78, 5) is 28.2. The molecule has 1 atom stereocenters. The molecule has 0 spiro atoms. The predicted molar refractivity (Wildman–Crippen MR) is 121 cm³/mol. The van der Waals surface area contributed by atoms with Crippen LogP contribution in [0.25, 0.3) is 10.9 Å². The Balaban J connectivity index is 1.35. The van der Waals surface area contributed by atoms with Crippen molar-refractivity contribution in [2.24, 2.45) is 5.92 Å². The highest BCUT2D eigenvalue weighted by molar-refractivity contribution is 5.97. The number of aromatic nitrogens is 1. The number of benzene rings is 2. The maximum absolute atomic E-state index is 12.5. The largest absolute Gasteiger partial charge is 0.493 e. The zero-order chi connectivity index (χ0) is 22.7. The fourth-order valence-corrected chi connectivity index (χ4v) is 4.17. The topological polar surface area (TPSA) is 89.6 Å². The van der Waals surface area contributed by atoms with Crippen molar-refractivity contribution in [2.45, 2.75) is 32.7 Å². The van der Waals surface area contributed by atoms with Crippen molar-refractivity contribution in [3.63, 3.8) is 0 Å². The van der Waals surface area contributed by atoms with E-state index in [1.165, 1.54) is 17.7 Å². The molecule has 0 saturated carbocycles. The van der Waals surface area contributed by atoms with Crippen molar-refractivity contribution >= 4 is 22.8 Å². The van der Waals surface area contributed by atoms with E-state index in [-0.39, 0.29) is 19.1 Å². The standard InChI is InChI=1S/C25H28N2O5/c1-15-4-7-20-18(10-15)19-12-17(6-8-21(19)27-20)25(29)32-14-24(28)26-13-16-5-9-22(30-2)23(11-16)31-3/h5-6,8-9,11-12,15,27H,4,7,10,13-14H2,1-3H3,(H,26,28). The van der Waals surface area contributed by atoms with Gasteiger partial charge in [-0.1, -0.05) is 13.0 Å². The lowest BCUT2D eigenvalue weighted by atomic mass is 9.87. The molecule has 1 aliphatic carbocycles. The van der Waals surface area contributed by atoms with Gasteiger partial charge in [0.1, 0.15) is 0 Å². The summed E-state index contributed by atoms with van der Waals surface area (Å²) in [6, 6.07) is 10.9. The van der Waals surface area contributed by atoms with Gasteiger partial charge in [-0.25, -0.2) is 4.79 Å². The van der Waals surface area contributed by atoms with Crippen LogP contribution in [0.3, 0.4) is 0 Å². The Kier molecular flexibility index (Phi) is 6.35. The SMILES string of the molecule is COc1ccc(CNC(=O)COC(=O)c2ccc3[nH]c4c(c3c2)CC(C)CC4)cc1OC. The van der Waals surface area contributed by atoms with E-state index in [1.54, 1.807) is 32.4 Å². The highest BCUT2D eigenvalue weighted by Gasteiger charge is 2.21. The Morgan fingerprint density at radius 3 is 2.69 bits per heavy atom. The second kappa shape index (κ2) is 9.34. The van der Waals surface area contributed by atoms with E-state index in [1.807, 2.05) is 18.2 Å². The van der Waals surface area contributed by atoms with Gasteiger partial charge in [0.2, 0.25) is 0 Å². The van der Waals surface area contributed by atoms with Crippen LogP contribution < -0.4 is 14.8 Å². The molecule has 1 aliphatic rings. The van der Waals surface area contributed by atoms with Crippen molar-refractivity contribution in [1.82, 2.24) is 10.3 Å². The first-order valence-corrected chi connectivity index (χ1v) is 10.8. The van der Waals surface area contributed by atoms with Gasteiger partial charge in [-0.2, -0.15) is 0 Å². The highest BCUT2D eigenvalue weighted by Crippen LogP contribution is 2.32. The maximum Gasteiger partial charge on any atom is 0.338 e. The zero-order valence-corrected chi connectivity index (χ0v) is 18.6. The lowest BCUT2D eigenvalue weighted by molar-refractivity contribution is -0.124. The van der Waals surface area contributed by atoms with Gasteiger partial charge in [0.25, 0.3) is 5.91 Å². The number of amides is 1. The first-order chi connectivity index (χ1) is 15.5. The average molecular weight is 437 g/mol. The van der Waals surface area contributed by atoms with Crippen molar-refractivity contribution in [3.8, 4) is 11.5 Å². The van der Waals surface area contributed by atoms with E-state index in [0.717, 1.165) is 29.3 Å². The number of methoxy groups -OCH3 is 2. The van der Waals surface area contributed by atoms with Crippen LogP contribution in [-0.2, 0) is 28.9 Å². The molecule has 0 aliphatic heterocycles. The van der Waals surface area contributed by atoms with Gasteiger partial charge in [-0.3, -0.25) is 4.79 Å². The third-order valence-electron chi connectivity index (χ3n) is 5.94. The molecule has 0 saturated heterocycles. The number of aromatic amines is 1. The number of carbonyl (C=O) groups excluding carboxylic acids is 2. The van der Waals surface area contributed by atoms with Crippen LogP contribution in [0.4, 0.5) is 0 Å². The molecule has 7 heteroatoms. The molecule has 1 amide bonds. The number of hydrogen-bond acceptors (Lipinski definition) is 5. The van der Waals surface area contributed by atoms with Crippen molar-refractivity contribution in [1.29, 1.82) is 0 Å². The number of esters is 1. The van der Waals surface area contributed by atoms with E-state index < -0.39 is 5.97 Å². The highest BCUT2D eigenvalue weighted by atomic mass is 16.5. The quantitative estimate of drug-likeness (QED) is 0.550. The van der Waals surface area contributed by atoms with E-state index in [0.29, 0.717) is 23.0 Å². The van der Waals surface area contributed by atoms with Gasteiger partial charge in [0, 0.05) is 23.1 Å². The second-order valence-corrected chi connectivity index (χ2v) is 8.23. The summed E-state index contributed by atoms with van der Waals surface area (Å²) >= 11 is 0. The van der Waals surface area contributed by atoms with Gasteiger partial charge >= 0.3 is 5.97 Å². The van der Waals surface area contributed by atoms with Gasteiger partial charge < -0.3 is 24.5 Å². The molecule has 1 unspecified atom stereocenters. The van der Waals surface area contributed by atoms with Crippen LogP contribution in [0.2, 0.25) is 0 Å². The molecule has 0 radical (unpaired) electrons. The summed E-state index contributed by atoms with van der Waals surface area (Å²) in [5.41, 5.74) is 4.89. The monoisotopic (exact) mass is 436 g/mol. The summed E-state index contributed by atoms with van der Waals surface area (Å²) in [6.07, 6.45) is 3.21. The summed E-state index contributed by atoms with van der Waals surface area (Å²) in [6.45, 7) is 2.20. The van der Waals surface area contributed by atoms with Crippen LogP contribution >= 0.6 is 0 Å². The average Bonchev–Trinajstić information content (AvgIpc) is 3.17. The number of H-pyrrole nitrogens is 1. The first kappa shape index (κ1) is 21.7. The summed E-state index contributed by atoms with van der Waals surface area (Å²) < 4.78 is 15.7. The predicted octanol–water partition coefficient (Wildman–Crippen LogP) is 3.78. The number of carbonyl (C=O) groups is 2. The minimum atomic E-state index is -0.507. The third-order valence-corrected chi connectivity index (χ3v) is 5.94. The Labute approximate surface area is 187 Å². The normalized spacial score (nSPS) is 15.2. The van der Waals surface area contributed by atoms with E-state index in [9.17, 15) is 9.59 Å². The lowest BCUT2D eigenvalue weighted by Gasteiger charge is -2.18. The minimum absolute atomic E-state index is 0.288. The van der Waals surface area contributed by atoms with E-state index in [2.05, 4.69) is 17.2 Å². The van der Waals surface area contributed by atoms with Crippen LogP contribution in [0.15, 0.2) is 36.4 Å². The molecule has 0 fully saturated rings. The molecule has 3 aromatic rings. The van der Waals surface area contributed by atoms with Crippen molar-refractivity contribution in [3.05, 3.63) is 58.8 Å². The number of rotatable bonds is 7. The third kappa shape index (κ3) is 4.56. The smallest absolute Gasteiger partial charge is 0.338 e. The Bertz CT molecular complexity index is 1150. The van der Waals surface area contributed by atoms with Gasteiger partial charge in [-0.05, 0) is 66.6 Å². The second-order valence-electron chi connectivity index (χ2n) is 8.23. The molecule has 2 N–H and O–H groups in total. The van der Waals surface area contributed by atoms with Crippen LogP contribution in [0.5, 0.6) is 11.5 Å². The molecular weight excluding hydrogens is 408 g/mol. The Morgan fingerprint density at radius 2 is 1.91 bits per heavy atom. The fourth-order valence-electron chi connectivity index (χ4n) is 4.17. The number of nitrogens with one attached hydrogen (secondary N) is 2. The Hall–Kier alpha value is -3.48. The van der Waals surface area contributed by atoms with Crippen LogP contribution in [0.1, 0.15) is 40.5 Å². The number of aryl methyl sites for hydroxylation is 1. The summed E-state index contributed by atoms with van der Waals surface area (Å²) in [7, 11) is 3.12. The molecule has 32 heavy (non-hydrogen) atoms. The molecule has 168 valence electrons. The van der Waals surface area contributed by atoms with Gasteiger partial charge in [0.15, 0.2) is 18.1 Å². The van der Waals surface area contributed by atoms with Crippen LogP contribution in [-0.4, -0.2) is 37.7 Å². The number of fused-ring (bicyclic) bond motifs is 3. The molecule has 1 aromatic heterocycles. The lowest BCUT2D eigenvalue weighted by Crippen LogP contribution is -2.28. The summed E-state index contributed by atoms with van der Waals surface area (Å²) in [5.74, 6) is 0.953. The molecule has 2 aromatic carbocycles. The zero-order valence-electron chi connectivity index (χ0n) is 18.6. The number of hydrogen-bond donors (Lipinski definition) is 2. The summed E-state index contributed by atoms with van der Waals surface area (Å²) in [5, 5.41) is 3.82. The molecular formula is C25H28N2O5. The molecule has 1 heterocycles. The first-order valence-electron chi connectivity index (χ1n) is 10.8. The van der Waals surface area contributed by atoms with Crippen molar-refractivity contribution in [2.75, 3.05) is 20.8 Å². The van der Waals surface area contributed by atoms with E-state index >= 15 is 0 Å². The van der Waals surface area contributed by atoms with Gasteiger partial charge in [0.05, 0.1) is 19.8 Å². The van der Waals surface area contributed by atoms with Gasteiger partial charge in [-0.15, -0.1) is 0 Å². The van der Waals surface area contributed by atoms with Crippen molar-refractivity contribution < 1.29 is 23.8 Å². The fraction of sp³-hybridized carbons (Fsp3) is 0.360. The molecule has 4 rings (SSSR count). The maximum atomic E-state index is 12.5.